The Hall–Kier alpha value is -0.120. The molecular formula is C12H27NO2. The van der Waals surface area contributed by atoms with Crippen molar-refractivity contribution in [2.75, 3.05) is 26.3 Å². The number of rotatable bonds is 9. The molecule has 0 aliphatic heterocycles. The molecule has 3 heteroatoms. The van der Waals surface area contributed by atoms with Gasteiger partial charge in [0.2, 0.25) is 0 Å². The summed E-state index contributed by atoms with van der Waals surface area (Å²) in [5.74, 6) is 0.660. The fourth-order valence-corrected chi connectivity index (χ4v) is 1.20. The third-order valence-electron chi connectivity index (χ3n) is 2.19. The van der Waals surface area contributed by atoms with Crippen LogP contribution in [0.5, 0.6) is 0 Å². The molecule has 1 atom stereocenters. The van der Waals surface area contributed by atoms with E-state index >= 15 is 0 Å². The van der Waals surface area contributed by atoms with Gasteiger partial charge in [0.05, 0.1) is 12.2 Å². The minimum absolute atomic E-state index is 0.413. The smallest absolute Gasteiger partial charge is 0.0975 e. The lowest BCUT2D eigenvalue weighted by molar-refractivity contribution is -0.0342. The van der Waals surface area contributed by atoms with Gasteiger partial charge in [0.15, 0.2) is 0 Å². The first kappa shape index (κ1) is 14.9. The van der Waals surface area contributed by atoms with Crippen LogP contribution in [0.4, 0.5) is 0 Å². The first-order valence-corrected chi connectivity index (χ1v) is 5.99. The maximum atomic E-state index is 9.92. The van der Waals surface area contributed by atoms with E-state index in [-0.39, 0.29) is 0 Å². The third kappa shape index (κ3) is 10.2. The monoisotopic (exact) mass is 217 g/mol. The lowest BCUT2D eigenvalue weighted by Gasteiger charge is -2.23. The molecule has 92 valence electrons. The van der Waals surface area contributed by atoms with Gasteiger partial charge in [-0.15, -0.1) is 0 Å². The van der Waals surface area contributed by atoms with Crippen LogP contribution in [0.25, 0.3) is 0 Å². The number of nitrogens with one attached hydrogen (secondary N) is 1. The van der Waals surface area contributed by atoms with Crippen LogP contribution in [0.1, 0.15) is 40.5 Å². The highest BCUT2D eigenvalue weighted by Gasteiger charge is 2.19. The van der Waals surface area contributed by atoms with E-state index < -0.39 is 5.60 Å². The molecule has 1 unspecified atom stereocenters. The Morgan fingerprint density at radius 2 is 2.07 bits per heavy atom. The Morgan fingerprint density at radius 3 is 2.60 bits per heavy atom. The summed E-state index contributed by atoms with van der Waals surface area (Å²) < 4.78 is 5.45. The van der Waals surface area contributed by atoms with Crippen molar-refractivity contribution in [1.82, 2.24) is 5.32 Å². The van der Waals surface area contributed by atoms with Crippen LogP contribution in [0.15, 0.2) is 0 Å². The minimum atomic E-state index is -0.744. The van der Waals surface area contributed by atoms with Crippen molar-refractivity contribution in [2.24, 2.45) is 5.92 Å². The normalized spacial score (nSPS) is 15.6. The second-order valence-corrected chi connectivity index (χ2v) is 4.91. The van der Waals surface area contributed by atoms with Gasteiger partial charge in [-0.05, 0) is 32.2 Å². The molecule has 0 aromatic heterocycles. The van der Waals surface area contributed by atoms with Crippen LogP contribution in [0.2, 0.25) is 0 Å². The topological polar surface area (TPSA) is 41.5 Å². The molecular weight excluding hydrogens is 190 g/mol. The number of hydrogen-bond donors (Lipinski definition) is 2. The molecule has 0 saturated heterocycles. The summed E-state index contributed by atoms with van der Waals surface area (Å²) >= 11 is 0. The lowest BCUT2D eigenvalue weighted by atomic mass is 10.1. The van der Waals surface area contributed by atoms with Gasteiger partial charge in [0.25, 0.3) is 0 Å². The van der Waals surface area contributed by atoms with Crippen molar-refractivity contribution in [3.05, 3.63) is 0 Å². The van der Waals surface area contributed by atoms with E-state index in [1.165, 1.54) is 0 Å². The average molecular weight is 217 g/mol. The number of hydrogen-bond acceptors (Lipinski definition) is 3. The second-order valence-electron chi connectivity index (χ2n) is 4.91. The first-order valence-electron chi connectivity index (χ1n) is 5.99. The molecule has 0 aromatic carbocycles. The van der Waals surface area contributed by atoms with E-state index in [2.05, 4.69) is 26.1 Å². The van der Waals surface area contributed by atoms with Crippen molar-refractivity contribution in [1.29, 1.82) is 0 Å². The summed E-state index contributed by atoms with van der Waals surface area (Å²) in [5.41, 5.74) is -0.744. The Kier molecular flexibility index (Phi) is 8.02. The Labute approximate surface area is 94.2 Å². The summed E-state index contributed by atoms with van der Waals surface area (Å²) in [6.45, 7) is 11.0. The van der Waals surface area contributed by atoms with Gasteiger partial charge in [-0.25, -0.2) is 0 Å². The molecule has 3 nitrogen and oxygen atoms in total. The van der Waals surface area contributed by atoms with E-state index in [0.717, 1.165) is 26.0 Å². The molecule has 0 aliphatic carbocycles. The minimum Gasteiger partial charge on any atom is -0.386 e. The molecule has 0 bridgehead atoms. The van der Waals surface area contributed by atoms with E-state index in [4.69, 9.17) is 4.74 Å². The van der Waals surface area contributed by atoms with Gasteiger partial charge >= 0.3 is 0 Å². The van der Waals surface area contributed by atoms with Crippen molar-refractivity contribution < 1.29 is 9.84 Å². The second kappa shape index (κ2) is 8.08. The molecule has 0 rings (SSSR count). The summed E-state index contributed by atoms with van der Waals surface area (Å²) in [6.07, 6.45) is 2.14. The molecule has 0 aromatic rings. The average Bonchev–Trinajstić information content (AvgIpc) is 2.13. The van der Waals surface area contributed by atoms with E-state index in [1.807, 2.05) is 6.92 Å². The highest BCUT2D eigenvalue weighted by atomic mass is 16.5. The van der Waals surface area contributed by atoms with Crippen molar-refractivity contribution in [3.63, 3.8) is 0 Å². The van der Waals surface area contributed by atoms with Gasteiger partial charge in [-0.2, -0.15) is 0 Å². The summed E-state index contributed by atoms with van der Waals surface area (Å²) in [7, 11) is 0. The summed E-state index contributed by atoms with van der Waals surface area (Å²) in [5, 5.41) is 13.1. The lowest BCUT2D eigenvalue weighted by Crippen LogP contribution is -2.42. The Balaban J connectivity index is 3.46. The third-order valence-corrected chi connectivity index (χ3v) is 2.19. The van der Waals surface area contributed by atoms with Gasteiger partial charge in [-0.3, -0.25) is 0 Å². The van der Waals surface area contributed by atoms with E-state index in [0.29, 0.717) is 19.1 Å². The highest BCUT2D eigenvalue weighted by molar-refractivity contribution is 4.74. The zero-order valence-electron chi connectivity index (χ0n) is 10.7. The van der Waals surface area contributed by atoms with Crippen LogP contribution >= 0.6 is 0 Å². The zero-order chi connectivity index (χ0) is 11.7. The molecule has 2 N–H and O–H groups in total. The molecule has 0 spiro atoms. The Morgan fingerprint density at radius 1 is 1.40 bits per heavy atom. The largest absolute Gasteiger partial charge is 0.386 e. The first-order chi connectivity index (χ1) is 6.98. The molecule has 15 heavy (non-hydrogen) atoms. The quantitative estimate of drug-likeness (QED) is 0.579. The fourth-order valence-electron chi connectivity index (χ4n) is 1.20. The SMILES string of the molecule is CCCNCC(C)(O)COCCC(C)C. The predicted octanol–water partition coefficient (Wildman–Crippen LogP) is 1.80. The van der Waals surface area contributed by atoms with Crippen molar-refractivity contribution in [2.45, 2.75) is 46.1 Å². The maximum Gasteiger partial charge on any atom is 0.0975 e. The standard InChI is InChI=1S/C12H27NO2/c1-5-7-13-9-12(4,14)10-15-8-6-11(2)3/h11,13-14H,5-10H2,1-4H3. The number of aliphatic hydroxyl groups is 1. The molecule has 0 radical (unpaired) electrons. The zero-order valence-corrected chi connectivity index (χ0v) is 10.7. The van der Waals surface area contributed by atoms with Gasteiger partial charge in [0, 0.05) is 13.2 Å². The van der Waals surface area contributed by atoms with Crippen LogP contribution in [0.3, 0.4) is 0 Å². The fraction of sp³-hybridized carbons (Fsp3) is 1.00. The van der Waals surface area contributed by atoms with Crippen LogP contribution in [0, 0.1) is 5.92 Å². The summed E-state index contributed by atoms with van der Waals surface area (Å²) in [4.78, 5) is 0. The van der Waals surface area contributed by atoms with Crippen LogP contribution < -0.4 is 5.32 Å². The van der Waals surface area contributed by atoms with Crippen molar-refractivity contribution >= 4 is 0 Å². The molecule has 0 aliphatic rings. The predicted molar refractivity (Wildman–Crippen MR) is 64.1 cm³/mol. The summed E-state index contributed by atoms with van der Waals surface area (Å²) in [6, 6.07) is 0. The molecule has 0 saturated carbocycles. The molecule has 0 amide bonds. The Bertz CT molecular complexity index is 147. The molecule has 0 fully saturated rings. The van der Waals surface area contributed by atoms with Crippen LogP contribution in [-0.2, 0) is 4.74 Å². The van der Waals surface area contributed by atoms with Gasteiger partial charge < -0.3 is 15.2 Å². The highest BCUT2D eigenvalue weighted by Crippen LogP contribution is 2.05. The van der Waals surface area contributed by atoms with Crippen LogP contribution in [-0.4, -0.2) is 37.0 Å². The maximum absolute atomic E-state index is 9.92. The van der Waals surface area contributed by atoms with E-state index in [1.54, 1.807) is 0 Å². The van der Waals surface area contributed by atoms with Crippen molar-refractivity contribution in [3.8, 4) is 0 Å². The van der Waals surface area contributed by atoms with Gasteiger partial charge in [-0.1, -0.05) is 20.8 Å². The molecule has 0 heterocycles. The van der Waals surface area contributed by atoms with E-state index in [9.17, 15) is 5.11 Å². The number of ether oxygens (including phenoxy) is 1. The van der Waals surface area contributed by atoms with Gasteiger partial charge in [0.1, 0.15) is 0 Å².